The molecule has 33 heavy (non-hydrogen) atoms. The molecule has 0 aromatic heterocycles. The van der Waals surface area contributed by atoms with Crippen molar-refractivity contribution < 1.29 is 23.8 Å². The zero-order valence-electron chi connectivity index (χ0n) is 18.1. The van der Waals surface area contributed by atoms with Crippen LogP contribution in [-0.2, 0) is 16.0 Å². The van der Waals surface area contributed by atoms with Gasteiger partial charge >= 0.3 is 0 Å². The number of hydrogen-bond donors (Lipinski definition) is 1. The van der Waals surface area contributed by atoms with Crippen LogP contribution in [0.4, 0.5) is 4.39 Å². The molecule has 2 heterocycles. The smallest absolute Gasteiger partial charge is 0.252 e. The van der Waals surface area contributed by atoms with Gasteiger partial charge in [-0.25, -0.2) is 4.39 Å². The molecule has 5 nitrogen and oxygen atoms in total. The maximum Gasteiger partial charge on any atom is 0.252 e. The fraction of sp³-hybridized carbons (Fsp3) is 0.296. The number of carbonyl (C=O) groups is 1. The van der Waals surface area contributed by atoms with Gasteiger partial charge in [-0.3, -0.25) is 4.79 Å². The molecule has 1 saturated heterocycles. The molecular weight excluding hydrogens is 421 g/mol. The first-order valence-electron chi connectivity index (χ1n) is 11.3. The molecule has 1 amide bonds. The SMILES string of the molecule is O=C([C@H]1C[C@H](O)[C@@H](Oc2ccccc2)CO1)N1CCc2ccccc2[C@@H]1c1ccc(F)cc1. The summed E-state index contributed by atoms with van der Waals surface area (Å²) in [6, 6.07) is 23.2. The number of ether oxygens (including phenoxy) is 2. The van der Waals surface area contributed by atoms with E-state index in [0.717, 1.165) is 17.5 Å². The molecule has 0 radical (unpaired) electrons. The lowest BCUT2D eigenvalue weighted by atomic mass is 9.87. The second-order valence-electron chi connectivity index (χ2n) is 8.53. The lowest BCUT2D eigenvalue weighted by Gasteiger charge is -2.41. The Morgan fingerprint density at radius 3 is 2.48 bits per heavy atom. The second-order valence-corrected chi connectivity index (χ2v) is 8.53. The molecule has 170 valence electrons. The second kappa shape index (κ2) is 9.33. The number of aliphatic hydroxyl groups is 1. The van der Waals surface area contributed by atoms with Crippen molar-refractivity contribution in [3.8, 4) is 5.75 Å². The van der Waals surface area contributed by atoms with E-state index < -0.39 is 18.3 Å². The number of fused-ring (bicyclic) bond motifs is 1. The van der Waals surface area contributed by atoms with Gasteiger partial charge in [0.15, 0.2) is 0 Å². The summed E-state index contributed by atoms with van der Waals surface area (Å²) in [6.45, 7) is 0.649. The van der Waals surface area contributed by atoms with Gasteiger partial charge in [-0.05, 0) is 47.4 Å². The van der Waals surface area contributed by atoms with Gasteiger partial charge in [0.1, 0.15) is 23.8 Å². The zero-order valence-corrected chi connectivity index (χ0v) is 18.1. The van der Waals surface area contributed by atoms with Crippen LogP contribution in [0.1, 0.15) is 29.2 Å². The highest BCUT2D eigenvalue weighted by molar-refractivity contribution is 5.82. The third-order valence-corrected chi connectivity index (χ3v) is 6.40. The predicted molar refractivity (Wildman–Crippen MR) is 121 cm³/mol. The summed E-state index contributed by atoms with van der Waals surface area (Å²) in [5, 5.41) is 10.7. The Balaban J connectivity index is 1.35. The van der Waals surface area contributed by atoms with Crippen molar-refractivity contribution >= 4 is 5.91 Å². The number of hydrogen-bond acceptors (Lipinski definition) is 4. The molecule has 0 unspecified atom stereocenters. The molecule has 6 heteroatoms. The summed E-state index contributed by atoms with van der Waals surface area (Å²) < 4.78 is 25.3. The van der Waals surface area contributed by atoms with E-state index in [1.54, 1.807) is 17.0 Å². The molecule has 1 fully saturated rings. The Morgan fingerprint density at radius 1 is 1.00 bits per heavy atom. The molecule has 2 aliphatic heterocycles. The van der Waals surface area contributed by atoms with Crippen LogP contribution in [0.15, 0.2) is 78.9 Å². The van der Waals surface area contributed by atoms with Gasteiger partial charge in [-0.1, -0.05) is 54.6 Å². The predicted octanol–water partition coefficient (Wildman–Crippen LogP) is 3.90. The van der Waals surface area contributed by atoms with E-state index in [1.807, 2.05) is 48.5 Å². The van der Waals surface area contributed by atoms with Crippen LogP contribution in [0.5, 0.6) is 5.75 Å². The molecule has 0 aliphatic carbocycles. The maximum atomic E-state index is 13.6. The third kappa shape index (κ3) is 4.49. The van der Waals surface area contributed by atoms with Crippen molar-refractivity contribution in [2.75, 3.05) is 13.2 Å². The summed E-state index contributed by atoms with van der Waals surface area (Å²) in [4.78, 5) is 15.4. The number of nitrogens with zero attached hydrogens (tertiary/aromatic N) is 1. The van der Waals surface area contributed by atoms with Gasteiger partial charge in [0.2, 0.25) is 0 Å². The van der Waals surface area contributed by atoms with Crippen LogP contribution in [0.2, 0.25) is 0 Å². The topological polar surface area (TPSA) is 59.0 Å². The van der Waals surface area contributed by atoms with Crippen LogP contribution in [0.25, 0.3) is 0 Å². The Bertz CT molecular complexity index is 1100. The van der Waals surface area contributed by atoms with Gasteiger partial charge in [0.05, 0.1) is 18.8 Å². The number of rotatable bonds is 4. The van der Waals surface area contributed by atoms with Crippen LogP contribution >= 0.6 is 0 Å². The number of amides is 1. The minimum Gasteiger partial charge on any atom is -0.485 e. The number of halogens is 1. The highest BCUT2D eigenvalue weighted by atomic mass is 19.1. The van der Waals surface area contributed by atoms with Crippen molar-refractivity contribution in [3.05, 3.63) is 101 Å². The van der Waals surface area contributed by atoms with Crippen LogP contribution in [-0.4, -0.2) is 47.4 Å². The van der Waals surface area contributed by atoms with Crippen LogP contribution in [0, 0.1) is 5.82 Å². The van der Waals surface area contributed by atoms with Crippen molar-refractivity contribution in [3.63, 3.8) is 0 Å². The van der Waals surface area contributed by atoms with Gasteiger partial charge in [0.25, 0.3) is 5.91 Å². The van der Waals surface area contributed by atoms with Crippen molar-refractivity contribution in [1.82, 2.24) is 4.90 Å². The standard InChI is InChI=1S/C27H26FNO4/c28-20-12-10-19(11-13-20)26-22-9-5-4-6-18(22)14-15-29(26)27(31)24-16-23(30)25(17-32-24)33-21-7-2-1-3-8-21/h1-13,23-26,30H,14-17H2/t23-,24+,25-,26-/m0/s1. The van der Waals surface area contributed by atoms with E-state index in [1.165, 1.54) is 17.7 Å². The molecule has 3 aromatic rings. The summed E-state index contributed by atoms with van der Waals surface area (Å²) in [5.74, 6) is 0.166. The molecule has 2 aliphatic rings. The van der Waals surface area contributed by atoms with Gasteiger partial charge in [-0.2, -0.15) is 0 Å². The summed E-state index contributed by atoms with van der Waals surface area (Å²) in [7, 11) is 0. The maximum absolute atomic E-state index is 13.6. The largest absolute Gasteiger partial charge is 0.485 e. The average molecular weight is 448 g/mol. The quantitative estimate of drug-likeness (QED) is 0.659. The molecule has 5 rings (SSSR count). The fourth-order valence-electron chi connectivity index (χ4n) is 4.71. The normalized spacial score (nSPS) is 24.7. The molecule has 0 saturated carbocycles. The monoisotopic (exact) mass is 447 g/mol. The van der Waals surface area contributed by atoms with E-state index in [4.69, 9.17) is 9.47 Å². The van der Waals surface area contributed by atoms with E-state index >= 15 is 0 Å². The lowest BCUT2D eigenvalue weighted by Crippen LogP contribution is -2.52. The number of carbonyl (C=O) groups excluding carboxylic acids is 1. The molecule has 0 spiro atoms. The Morgan fingerprint density at radius 2 is 1.73 bits per heavy atom. The van der Waals surface area contributed by atoms with Crippen molar-refractivity contribution in [1.29, 1.82) is 0 Å². The average Bonchev–Trinajstić information content (AvgIpc) is 2.85. The van der Waals surface area contributed by atoms with Gasteiger partial charge in [0, 0.05) is 13.0 Å². The van der Waals surface area contributed by atoms with Gasteiger partial charge in [-0.15, -0.1) is 0 Å². The Labute approximate surface area is 192 Å². The molecule has 3 aromatic carbocycles. The fourth-order valence-corrected chi connectivity index (χ4v) is 4.71. The van der Waals surface area contributed by atoms with Crippen LogP contribution < -0.4 is 4.74 Å². The molecule has 4 atom stereocenters. The molecular formula is C27H26FNO4. The lowest BCUT2D eigenvalue weighted by molar-refractivity contribution is -0.162. The summed E-state index contributed by atoms with van der Waals surface area (Å²) in [6.07, 6.45) is -1.23. The van der Waals surface area contributed by atoms with E-state index in [-0.39, 0.29) is 30.8 Å². The minimum absolute atomic E-state index is 0.123. The minimum atomic E-state index is -0.825. The number of aliphatic hydroxyl groups excluding tert-OH is 1. The van der Waals surface area contributed by atoms with E-state index in [0.29, 0.717) is 12.3 Å². The third-order valence-electron chi connectivity index (χ3n) is 6.40. The summed E-state index contributed by atoms with van der Waals surface area (Å²) in [5.41, 5.74) is 3.06. The van der Waals surface area contributed by atoms with Gasteiger partial charge < -0.3 is 19.5 Å². The first kappa shape index (κ1) is 21.6. The first-order valence-corrected chi connectivity index (χ1v) is 11.3. The highest BCUT2D eigenvalue weighted by Crippen LogP contribution is 2.36. The number of para-hydroxylation sites is 1. The highest BCUT2D eigenvalue weighted by Gasteiger charge is 2.40. The Kier molecular flexibility index (Phi) is 6.11. The Hall–Kier alpha value is -3.22. The van der Waals surface area contributed by atoms with Crippen molar-refractivity contribution in [2.24, 2.45) is 0 Å². The molecule has 1 N–H and O–H groups in total. The summed E-state index contributed by atoms with van der Waals surface area (Å²) >= 11 is 0. The first-order chi connectivity index (χ1) is 16.1. The van der Waals surface area contributed by atoms with E-state index in [9.17, 15) is 14.3 Å². The molecule has 0 bridgehead atoms. The zero-order chi connectivity index (χ0) is 22.8. The van der Waals surface area contributed by atoms with Crippen LogP contribution in [0.3, 0.4) is 0 Å². The van der Waals surface area contributed by atoms with Crippen molar-refractivity contribution in [2.45, 2.75) is 37.2 Å². The van der Waals surface area contributed by atoms with E-state index in [2.05, 4.69) is 6.07 Å². The number of benzene rings is 3.